The molecular weight excluding hydrogens is 401 g/mol. The average molecular weight is 431 g/mol. The molecule has 130 valence electrons. The average Bonchev–Trinajstić information content (AvgIpc) is 2.55. The maximum absolute atomic E-state index is 4.60. The van der Waals surface area contributed by atoms with Crippen LogP contribution in [-0.2, 0) is 6.54 Å². The minimum Gasteiger partial charge on any atom is -0.357 e. The molecule has 0 spiro atoms. The Balaban J connectivity index is 0.00000264. The molecule has 0 aliphatic carbocycles. The van der Waals surface area contributed by atoms with Crippen molar-refractivity contribution in [3.05, 3.63) is 30.1 Å². The summed E-state index contributed by atoms with van der Waals surface area (Å²) in [5.74, 6) is 1.74. The fourth-order valence-corrected chi connectivity index (χ4v) is 2.74. The van der Waals surface area contributed by atoms with Gasteiger partial charge in [-0.05, 0) is 64.4 Å². The number of hydrogen-bond acceptors (Lipinski definition) is 3. The number of aliphatic imine (C=N–C) groups is 1. The number of nitrogens with zero attached hydrogens (tertiary/aromatic N) is 3. The van der Waals surface area contributed by atoms with Crippen molar-refractivity contribution in [3.63, 3.8) is 0 Å². The summed E-state index contributed by atoms with van der Waals surface area (Å²) in [5, 5.41) is 6.75. The van der Waals surface area contributed by atoms with E-state index in [-0.39, 0.29) is 24.0 Å². The molecule has 1 fully saturated rings. The van der Waals surface area contributed by atoms with Gasteiger partial charge in [0.1, 0.15) is 0 Å². The van der Waals surface area contributed by atoms with E-state index in [0.717, 1.165) is 30.7 Å². The molecule has 1 aromatic rings. The van der Waals surface area contributed by atoms with E-state index >= 15 is 0 Å². The Labute approximate surface area is 157 Å². The topological polar surface area (TPSA) is 52.6 Å². The summed E-state index contributed by atoms with van der Waals surface area (Å²) < 4.78 is 0. The van der Waals surface area contributed by atoms with Gasteiger partial charge in [0.25, 0.3) is 0 Å². The van der Waals surface area contributed by atoms with Crippen molar-refractivity contribution in [3.8, 4) is 0 Å². The van der Waals surface area contributed by atoms with Gasteiger partial charge in [0.05, 0.1) is 12.2 Å². The quantitative estimate of drug-likeness (QED) is 0.413. The first-order chi connectivity index (χ1) is 10.8. The normalized spacial score (nSPS) is 16.7. The molecule has 1 aromatic heterocycles. The number of nitrogens with one attached hydrogen (secondary N) is 2. The van der Waals surface area contributed by atoms with E-state index in [1.165, 1.54) is 32.4 Å². The van der Waals surface area contributed by atoms with Crippen molar-refractivity contribution >= 4 is 29.9 Å². The number of halogens is 1. The predicted octanol–water partition coefficient (Wildman–Crippen LogP) is 2.49. The lowest BCUT2D eigenvalue weighted by atomic mass is 9.94. The molecule has 0 unspecified atom stereocenters. The van der Waals surface area contributed by atoms with Crippen LogP contribution in [0.15, 0.2) is 29.4 Å². The molecule has 23 heavy (non-hydrogen) atoms. The Bertz CT molecular complexity index is 444. The first-order valence-electron chi connectivity index (χ1n) is 8.38. The van der Waals surface area contributed by atoms with Crippen LogP contribution in [0.5, 0.6) is 0 Å². The van der Waals surface area contributed by atoms with Crippen LogP contribution in [-0.4, -0.2) is 49.1 Å². The number of rotatable bonds is 6. The van der Waals surface area contributed by atoms with E-state index < -0.39 is 0 Å². The Morgan fingerprint density at radius 1 is 1.30 bits per heavy atom. The molecule has 2 heterocycles. The van der Waals surface area contributed by atoms with Gasteiger partial charge in [-0.2, -0.15) is 0 Å². The second-order valence-electron chi connectivity index (χ2n) is 5.98. The zero-order valence-electron chi connectivity index (χ0n) is 14.3. The first-order valence-corrected chi connectivity index (χ1v) is 8.38. The molecule has 0 atom stereocenters. The van der Waals surface area contributed by atoms with Crippen LogP contribution in [0.2, 0.25) is 0 Å². The zero-order chi connectivity index (χ0) is 15.6. The fourth-order valence-electron chi connectivity index (χ4n) is 2.74. The van der Waals surface area contributed by atoms with Gasteiger partial charge in [0.15, 0.2) is 5.96 Å². The molecule has 1 aliphatic heterocycles. The summed E-state index contributed by atoms with van der Waals surface area (Å²) in [7, 11) is 2.21. The molecule has 0 saturated carbocycles. The van der Waals surface area contributed by atoms with Gasteiger partial charge in [-0.15, -0.1) is 24.0 Å². The maximum Gasteiger partial charge on any atom is 0.191 e. The summed E-state index contributed by atoms with van der Waals surface area (Å²) >= 11 is 0. The third kappa shape index (κ3) is 7.97. The van der Waals surface area contributed by atoms with E-state index in [9.17, 15) is 0 Å². The lowest BCUT2D eigenvalue weighted by molar-refractivity contribution is 0.213. The standard InChI is InChI=1S/C17H29N5.HI/c1-3-18-17(21-14-16-6-4-5-10-19-16)20-11-7-15-8-12-22(2)13-9-15;/h4-6,10,15H,3,7-9,11-14H2,1-2H3,(H2,18,20,21);1H. The van der Waals surface area contributed by atoms with Crippen LogP contribution >= 0.6 is 24.0 Å². The summed E-state index contributed by atoms with van der Waals surface area (Å²) in [6.45, 7) is 7.04. The number of hydrogen-bond donors (Lipinski definition) is 2. The van der Waals surface area contributed by atoms with Crippen LogP contribution in [0.4, 0.5) is 0 Å². The maximum atomic E-state index is 4.60. The van der Waals surface area contributed by atoms with Crippen molar-refractivity contribution < 1.29 is 0 Å². The Hall–Kier alpha value is -0.890. The number of guanidine groups is 1. The van der Waals surface area contributed by atoms with Crippen LogP contribution in [0, 0.1) is 5.92 Å². The molecule has 5 nitrogen and oxygen atoms in total. The SMILES string of the molecule is CCNC(=NCc1ccccn1)NCCC1CCN(C)CC1.I. The van der Waals surface area contributed by atoms with Crippen LogP contribution in [0.25, 0.3) is 0 Å². The number of aromatic nitrogens is 1. The van der Waals surface area contributed by atoms with Crippen LogP contribution in [0.1, 0.15) is 31.9 Å². The minimum atomic E-state index is 0. The zero-order valence-corrected chi connectivity index (χ0v) is 16.6. The van der Waals surface area contributed by atoms with Crippen molar-refractivity contribution in [1.29, 1.82) is 0 Å². The van der Waals surface area contributed by atoms with Crippen LogP contribution < -0.4 is 10.6 Å². The molecule has 0 bridgehead atoms. The molecule has 6 heteroatoms. The molecule has 0 amide bonds. The molecule has 0 radical (unpaired) electrons. The van der Waals surface area contributed by atoms with Gasteiger partial charge >= 0.3 is 0 Å². The van der Waals surface area contributed by atoms with Gasteiger partial charge in [0.2, 0.25) is 0 Å². The largest absolute Gasteiger partial charge is 0.357 e. The first kappa shape index (κ1) is 20.2. The van der Waals surface area contributed by atoms with E-state index in [0.29, 0.717) is 6.54 Å². The number of piperidine rings is 1. The number of pyridine rings is 1. The molecule has 2 N–H and O–H groups in total. The third-order valence-electron chi connectivity index (χ3n) is 4.15. The second kappa shape index (κ2) is 11.6. The van der Waals surface area contributed by atoms with Crippen LogP contribution in [0.3, 0.4) is 0 Å². The van der Waals surface area contributed by atoms with E-state index in [4.69, 9.17) is 0 Å². The Morgan fingerprint density at radius 2 is 2.09 bits per heavy atom. The lowest BCUT2D eigenvalue weighted by Crippen LogP contribution is -2.39. The highest BCUT2D eigenvalue weighted by Crippen LogP contribution is 2.18. The molecule has 1 saturated heterocycles. The Kier molecular flexibility index (Phi) is 10.2. The third-order valence-corrected chi connectivity index (χ3v) is 4.15. The monoisotopic (exact) mass is 431 g/mol. The summed E-state index contributed by atoms with van der Waals surface area (Å²) in [6, 6.07) is 5.93. The predicted molar refractivity (Wildman–Crippen MR) is 107 cm³/mol. The Morgan fingerprint density at radius 3 is 2.74 bits per heavy atom. The molecule has 0 aromatic carbocycles. The molecule has 1 aliphatic rings. The highest BCUT2D eigenvalue weighted by atomic mass is 127. The molecular formula is C17H30IN5. The second-order valence-corrected chi connectivity index (χ2v) is 5.98. The summed E-state index contributed by atoms with van der Waals surface area (Å²) in [6.07, 6.45) is 5.67. The van der Waals surface area contributed by atoms with Crippen molar-refractivity contribution in [2.75, 3.05) is 33.2 Å². The highest BCUT2D eigenvalue weighted by Gasteiger charge is 2.16. The lowest BCUT2D eigenvalue weighted by Gasteiger charge is -2.29. The van der Waals surface area contributed by atoms with Gasteiger partial charge in [-0.3, -0.25) is 4.98 Å². The fraction of sp³-hybridized carbons (Fsp3) is 0.647. The van der Waals surface area contributed by atoms with E-state index in [2.05, 4.69) is 39.5 Å². The van der Waals surface area contributed by atoms with Gasteiger partial charge in [-0.25, -0.2) is 4.99 Å². The van der Waals surface area contributed by atoms with Gasteiger partial charge in [0, 0.05) is 19.3 Å². The summed E-state index contributed by atoms with van der Waals surface area (Å²) in [5.41, 5.74) is 0.995. The van der Waals surface area contributed by atoms with E-state index in [1.54, 1.807) is 0 Å². The van der Waals surface area contributed by atoms with Crippen molar-refractivity contribution in [1.82, 2.24) is 20.5 Å². The van der Waals surface area contributed by atoms with Crippen molar-refractivity contribution in [2.24, 2.45) is 10.9 Å². The highest BCUT2D eigenvalue weighted by molar-refractivity contribution is 14.0. The molecule has 2 rings (SSSR count). The van der Waals surface area contributed by atoms with Crippen molar-refractivity contribution in [2.45, 2.75) is 32.7 Å². The van der Waals surface area contributed by atoms with Gasteiger partial charge < -0.3 is 15.5 Å². The van der Waals surface area contributed by atoms with Gasteiger partial charge in [-0.1, -0.05) is 6.07 Å². The summed E-state index contributed by atoms with van der Waals surface area (Å²) in [4.78, 5) is 11.3. The van der Waals surface area contributed by atoms with E-state index in [1.807, 2.05) is 24.4 Å². The number of likely N-dealkylation sites (tertiary alicyclic amines) is 1. The smallest absolute Gasteiger partial charge is 0.191 e. The minimum absolute atomic E-state index is 0.